The second-order valence-electron chi connectivity index (χ2n) is 3.94. The molecule has 0 saturated carbocycles. The van der Waals surface area contributed by atoms with Gasteiger partial charge in [0.1, 0.15) is 11.5 Å². The molecule has 0 fully saturated rings. The van der Waals surface area contributed by atoms with Crippen LogP contribution in [0.15, 0.2) is 36.4 Å². The van der Waals surface area contributed by atoms with E-state index in [0.29, 0.717) is 0 Å². The Morgan fingerprint density at radius 3 is 1.27 bits per heavy atom. The van der Waals surface area contributed by atoms with Crippen molar-refractivity contribution in [3.8, 4) is 11.5 Å². The van der Waals surface area contributed by atoms with Gasteiger partial charge in [0.15, 0.2) is 0 Å². The third kappa shape index (κ3) is 4.83. The Morgan fingerprint density at radius 1 is 0.727 bits per heavy atom. The second-order valence-corrected chi connectivity index (χ2v) is 4.76. The monoisotopic (exact) mass is 344 g/mol. The number of carbonyl (C=O) groups is 2. The van der Waals surface area contributed by atoms with Crippen LogP contribution in [0.2, 0.25) is 10.0 Å². The number of aromatic hydroxyl groups is 2. The number of carboxylic acids is 2. The van der Waals surface area contributed by atoms with Crippen molar-refractivity contribution in [2.45, 2.75) is 0 Å². The lowest BCUT2D eigenvalue weighted by Crippen LogP contribution is -1.94. The van der Waals surface area contributed by atoms with Gasteiger partial charge >= 0.3 is 11.9 Å². The molecule has 22 heavy (non-hydrogen) atoms. The van der Waals surface area contributed by atoms with E-state index in [1.807, 2.05) is 0 Å². The maximum atomic E-state index is 10.3. The highest BCUT2D eigenvalue weighted by atomic mass is 35.5. The summed E-state index contributed by atoms with van der Waals surface area (Å²) in [5.41, 5.74) is 0.126. The van der Waals surface area contributed by atoms with Gasteiger partial charge in [-0.25, -0.2) is 9.59 Å². The molecule has 0 spiro atoms. The Hall–Kier alpha value is -2.44. The van der Waals surface area contributed by atoms with Crippen molar-refractivity contribution in [1.29, 1.82) is 0 Å². The number of phenolic OH excluding ortho intramolecular Hbond substituents is 2. The van der Waals surface area contributed by atoms with Crippen molar-refractivity contribution >= 4 is 35.1 Å². The van der Waals surface area contributed by atoms with E-state index in [4.69, 9.17) is 43.6 Å². The summed E-state index contributed by atoms with van der Waals surface area (Å²) in [6.45, 7) is 0. The molecular weight excluding hydrogens is 335 g/mol. The van der Waals surface area contributed by atoms with Gasteiger partial charge in [0.05, 0.1) is 21.2 Å². The Morgan fingerprint density at radius 2 is 1.05 bits per heavy atom. The topological polar surface area (TPSA) is 115 Å². The van der Waals surface area contributed by atoms with E-state index in [0.717, 1.165) is 0 Å². The first-order valence-corrected chi connectivity index (χ1v) is 6.41. The highest BCUT2D eigenvalue weighted by molar-refractivity contribution is 6.32. The molecule has 0 aliphatic carbocycles. The molecule has 0 saturated heterocycles. The number of carboxylic acid groups (broad SMARTS) is 2. The van der Waals surface area contributed by atoms with Gasteiger partial charge in [-0.2, -0.15) is 0 Å². The second kappa shape index (κ2) is 7.53. The van der Waals surface area contributed by atoms with Gasteiger partial charge in [0.2, 0.25) is 0 Å². The van der Waals surface area contributed by atoms with E-state index < -0.39 is 11.9 Å². The molecule has 116 valence electrons. The number of rotatable bonds is 2. The predicted octanol–water partition coefficient (Wildman–Crippen LogP) is 3.49. The summed E-state index contributed by atoms with van der Waals surface area (Å²) in [5.74, 6) is -2.35. The number of hydrogen-bond acceptors (Lipinski definition) is 4. The SMILES string of the molecule is O=C(O)c1ccc(O)c(Cl)c1.O=C(O)c1ccc(O)c(Cl)c1. The zero-order valence-corrected chi connectivity index (χ0v) is 12.3. The van der Waals surface area contributed by atoms with Gasteiger partial charge in [0, 0.05) is 0 Å². The maximum Gasteiger partial charge on any atom is 0.335 e. The quantitative estimate of drug-likeness (QED) is 0.662. The predicted molar refractivity (Wildman–Crippen MR) is 80.2 cm³/mol. The minimum atomic E-state index is -1.06. The van der Waals surface area contributed by atoms with Gasteiger partial charge < -0.3 is 20.4 Å². The Kier molecular flexibility index (Phi) is 6.03. The molecule has 0 heterocycles. The normalized spacial score (nSPS) is 9.55. The van der Waals surface area contributed by atoms with Crippen molar-refractivity contribution in [2.24, 2.45) is 0 Å². The molecule has 0 amide bonds. The van der Waals surface area contributed by atoms with Crippen LogP contribution in [0.25, 0.3) is 0 Å². The molecule has 6 nitrogen and oxygen atoms in total. The van der Waals surface area contributed by atoms with Crippen LogP contribution >= 0.6 is 23.2 Å². The van der Waals surface area contributed by atoms with Crippen LogP contribution in [-0.4, -0.2) is 32.4 Å². The first-order chi connectivity index (χ1) is 10.2. The fourth-order valence-electron chi connectivity index (χ4n) is 1.28. The van der Waals surface area contributed by atoms with Gasteiger partial charge in [-0.1, -0.05) is 23.2 Å². The number of hydrogen-bond donors (Lipinski definition) is 4. The minimum Gasteiger partial charge on any atom is -0.506 e. The molecule has 0 aliphatic heterocycles. The first-order valence-electron chi connectivity index (χ1n) is 5.66. The third-order valence-corrected chi connectivity index (χ3v) is 2.99. The zero-order chi connectivity index (χ0) is 16.9. The van der Waals surface area contributed by atoms with Crippen LogP contribution in [0.5, 0.6) is 11.5 Å². The van der Waals surface area contributed by atoms with Gasteiger partial charge in [0.25, 0.3) is 0 Å². The van der Waals surface area contributed by atoms with E-state index in [1.54, 1.807) is 0 Å². The van der Waals surface area contributed by atoms with E-state index in [1.165, 1.54) is 36.4 Å². The molecule has 2 rings (SSSR count). The van der Waals surface area contributed by atoms with E-state index in [-0.39, 0.29) is 32.7 Å². The Labute approximate surface area is 134 Å². The van der Waals surface area contributed by atoms with Crippen LogP contribution in [0, 0.1) is 0 Å². The maximum absolute atomic E-state index is 10.3. The van der Waals surface area contributed by atoms with Crippen molar-refractivity contribution in [2.75, 3.05) is 0 Å². The van der Waals surface area contributed by atoms with E-state index in [2.05, 4.69) is 0 Å². The average molecular weight is 345 g/mol. The molecular formula is C14H10Cl2O6. The Balaban J connectivity index is 0.000000220. The summed E-state index contributed by atoms with van der Waals surface area (Å²) < 4.78 is 0. The molecule has 0 aliphatic rings. The van der Waals surface area contributed by atoms with Gasteiger partial charge in [-0.05, 0) is 36.4 Å². The minimum absolute atomic E-state index is 0.0462. The van der Waals surface area contributed by atoms with Crippen molar-refractivity contribution < 1.29 is 30.0 Å². The summed E-state index contributed by atoms with van der Waals surface area (Å²) >= 11 is 10.9. The zero-order valence-electron chi connectivity index (χ0n) is 10.8. The highest BCUT2D eigenvalue weighted by Crippen LogP contribution is 2.24. The smallest absolute Gasteiger partial charge is 0.335 e. The lowest BCUT2D eigenvalue weighted by Gasteiger charge is -1.96. The van der Waals surface area contributed by atoms with E-state index >= 15 is 0 Å². The molecule has 2 aromatic carbocycles. The van der Waals surface area contributed by atoms with Gasteiger partial charge in [-0.3, -0.25) is 0 Å². The van der Waals surface area contributed by atoms with Crippen molar-refractivity contribution in [3.63, 3.8) is 0 Å². The highest BCUT2D eigenvalue weighted by Gasteiger charge is 2.05. The molecule has 0 unspecified atom stereocenters. The van der Waals surface area contributed by atoms with Crippen LogP contribution in [-0.2, 0) is 0 Å². The summed E-state index contributed by atoms with van der Waals surface area (Å²) in [7, 11) is 0. The van der Waals surface area contributed by atoms with E-state index in [9.17, 15) is 9.59 Å². The van der Waals surface area contributed by atoms with Gasteiger partial charge in [-0.15, -0.1) is 0 Å². The van der Waals surface area contributed by atoms with Crippen molar-refractivity contribution in [1.82, 2.24) is 0 Å². The fraction of sp³-hybridized carbons (Fsp3) is 0. The molecule has 4 N–H and O–H groups in total. The molecule has 0 radical (unpaired) electrons. The first kappa shape index (κ1) is 17.6. The summed E-state index contributed by atoms with van der Waals surface area (Å²) in [6, 6.07) is 7.43. The standard InChI is InChI=1S/2C7H5ClO3/c2*8-5-3-4(7(10)11)1-2-6(5)9/h2*1-3,9H,(H,10,11). The summed E-state index contributed by atoms with van der Waals surface area (Å²) in [4.78, 5) is 20.6. The number of benzene rings is 2. The number of phenols is 2. The molecule has 0 atom stereocenters. The van der Waals surface area contributed by atoms with Crippen molar-refractivity contribution in [3.05, 3.63) is 57.6 Å². The van der Waals surface area contributed by atoms with Crippen LogP contribution in [0.4, 0.5) is 0 Å². The lowest BCUT2D eigenvalue weighted by atomic mass is 10.2. The Bertz CT molecular complexity index is 653. The van der Waals surface area contributed by atoms with Crippen LogP contribution in [0.3, 0.4) is 0 Å². The number of halogens is 2. The molecule has 0 bridgehead atoms. The third-order valence-electron chi connectivity index (χ3n) is 2.39. The van der Waals surface area contributed by atoms with Crippen LogP contribution in [0.1, 0.15) is 20.7 Å². The average Bonchev–Trinajstić information content (AvgIpc) is 2.45. The number of aromatic carboxylic acids is 2. The largest absolute Gasteiger partial charge is 0.506 e. The molecule has 0 aromatic heterocycles. The fourth-order valence-corrected chi connectivity index (χ4v) is 1.64. The molecule has 8 heteroatoms. The van der Waals surface area contributed by atoms with Crippen LogP contribution < -0.4 is 0 Å². The molecule has 2 aromatic rings. The lowest BCUT2D eigenvalue weighted by molar-refractivity contribution is 0.0686. The summed E-state index contributed by atoms with van der Waals surface area (Å²) in [6.07, 6.45) is 0. The summed E-state index contributed by atoms with van der Waals surface area (Å²) in [5, 5.41) is 34.8.